The van der Waals surface area contributed by atoms with Crippen LogP contribution in [-0.2, 0) is 6.42 Å². The lowest BCUT2D eigenvalue weighted by Crippen LogP contribution is -2.49. The van der Waals surface area contributed by atoms with Gasteiger partial charge >= 0.3 is 0 Å². The van der Waals surface area contributed by atoms with Crippen molar-refractivity contribution in [2.24, 2.45) is 4.99 Å². The average Bonchev–Trinajstić information content (AvgIpc) is 2.97. The molecule has 1 aromatic rings. The summed E-state index contributed by atoms with van der Waals surface area (Å²) in [6, 6.07) is 1.20. The maximum absolute atomic E-state index is 4.74. The maximum Gasteiger partial charge on any atom is 0.191 e. The number of thiazole rings is 1. The van der Waals surface area contributed by atoms with Crippen LogP contribution in [0, 0.1) is 6.92 Å². The maximum atomic E-state index is 4.74. The minimum absolute atomic E-state index is 0. The van der Waals surface area contributed by atoms with E-state index in [9.17, 15) is 0 Å². The van der Waals surface area contributed by atoms with Gasteiger partial charge in [0.25, 0.3) is 0 Å². The lowest BCUT2D eigenvalue weighted by atomic mass is 10.0. The van der Waals surface area contributed by atoms with Crippen molar-refractivity contribution in [3.05, 3.63) is 16.1 Å². The predicted molar refractivity (Wildman–Crippen MR) is 119 cm³/mol. The Labute approximate surface area is 174 Å². The number of aromatic nitrogens is 1. The van der Waals surface area contributed by atoms with Gasteiger partial charge in [0.15, 0.2) is 5.96 Å². The highest BCUT2D eigenvalue weighted by atomic mass is 127. The van der Waals surface area contributed by atoms with E-state index in [0.717, 1.165) is 37.6 Å². The Bertz CT molecular complexity index is 509. The number of nitrogens with one attached hydrogen (secondary N) is 2. The van der Waals surface area contributed by atoms with Crippen LogP contribution in [0.25, 0.3) is 0 Å². The SMILES string of the molecule is CCNC(=NCCCc1nc(C)cs1)NC1CCN(C(C)C)CC1.I. The van der Waals surface area contributed by atoms with E-state index in [1.54, 1.807) is 11.3 Å². The van der Waals surface area contributed by atoms with E-state index in [2.05, 4.69) is 53.6 Å². The Morgan fingerprint density at radius 1 is 1.40 bits per heavy atom. The van der Waals surface area contributed by atoms with Crippen molar-refractivity contribution >= 4 is 41.3 Å². The van der Waals surface area contributed by atoms with E-state index < -0.39 is 0 Å². The van der Waals surface area contributed by atoms with Crippen molar-refractivity contribution in [3.63, 3.8) is 0 Å². The molecule has 0 bridgehead atoms. The molecule has 0 aromatic carbocycles. The summed E-state index contributed by atoms with van der Waals surface area (Å²) >= 11 is 1.75. The summed E-state index contributed by atoms with van der Waals surface area (Å²) in [5.74, 6) is 0.968. The molecule has 0 spiro atoms. The van der Waals surface area contributed by atoms with Crippen LogP contribution in [0.5, 0.6) is 0 Å². The number of hydrogen-bond donors (Lipinski definition) is 2. The van der Waals surface area contributed by atoms with Gasteiger partial charge in [0.2, 0.25) is 0 Å². The summed E-state index contributed by atoms with van der Waals surface area (Å²) in [5, 5.41) is 10.3. The second-order valence-electron chi connectivity index (χ2n) is 6.80. The highest BCUT2D eigenvalue weighted by Crippen LogP contribution is 2.13. The highest BCUT2D eigenvalue weighted by Gasteiger charge is 2.21. The standard InChI is InChI=1S/C18H33N5S.HI/c1-5-19-18(20-10-6-7-17-21-15(4)13-24-17)22-16-8-11-23(12-9-16)14(2)3;/h13-14,16H,5-12H2,1-4H3,(H2,19,20,22);1H. The van der Waals surface area contributed by atoms with Gasteiger partial charge in [-0.2, -0.15) is 0 Å². The third-order valence-corrected chi connectivity index (χ3v) is 5.46. The van der Waals surface area contributed by atoms with Gasteiger partial charge < -0.3 is 15.5 Å². The number of rotatable bonds is 7. The molecule has 5 nitrogen and oxygen atoms in total. The number of aliphatic imine (C=N–C) groups is 1. The quantitative estimate of drug-likeness (QED) is 0.272. The molecule has 25 heavy (non-hydrogen) atoms. The van der Waals surface area contributed by atoms with Crippen molar-refractivity contribution in [3.8, 4) is 0 Å². The number of nitrogens with zero attached hydrogens (tertiary/aromatic N) is 3. The molecule has 0 atom stereocenters. The molecule has 144 valence electrons. The molecule has 2 heterocycles. The van der Waals surface area contributed by atoms with Gasteiger partial charge in [-0.1, -0.05) is 0 Å². The second-order valence-corrected chi connectivity index (χ2v) is 7.74. The first kappa shape index (κ1) is 22.6. The molecule has 0 radical (unpaired) electrons. The molecular weight excluding hydrogens is 445 g/mol. The Balaban J connectivity index is 0.00000312. The van der Waals surface area contributed by atoms with E-state index in [-0.39, 0.29) is 24.0 Å². The first-order valence-corrected chi connectivity index (χ1v) is 10.2. The fourth-order valence-corrected chi connectivity index (χ4v) is 3.83. The number of likely N-dealkylation sites (tertiary alicyclic amines) is 1. The minimum atomic E-state index is 0. The van der Waals surface area contributed by atoms with Gasteiger partial charge in [0.05, 0.1) is 5.01 Å². The smallest absolute Gasteiger partial charge is 0.191 e. The number of aryl methyl sites for hydroxylation is 2. The largest absolute Gasteiger partial charge is 0.357 e. The van der Waals surface area contributed by atoms with E-state index in [0.29, 0.717) is 12.1 Å². The molecule has 1 aliphatic heterocycles. The summed E-state index contributed by atoms with van der Waals surface area (Å²) in [6.45, 7) is 12.8. The second kappa shape index (κ2) is 12.1. The Kier molecular flexibility index (Phi) is 10.9. The van der Waals surface area contributed by atoms with E-state index in [1.165, 1.54) is 30.9 Å². The van der Waals surface area contributed by atoms with Crippen molar-refractivity contribution in [1.82, 2.24) is 20.5 Å². The van der Waals surface area contributed by atoms with Crippen molar-refractivity contribution in [2.45, 2.75) is 65.5 Å². The van der Waals surface area contributed by atoms with Crippen molar-refractivity contribution < 1.29 is 0 Å². The predicted octanol–water partition coefficient (Wildman–Crippen LogP) is 3.43. The molecule has 1 fully saturated rings. The lowest BCUT2D eigenvalue weighted by Gasteiger charge is -2.35. The fourth-order valence-electron chi connectivity index (χ4n) is 3.01. The van der Waals surface area contributed by atoms with Crippen LogP contribution >= 0.6 is 35.3 Å². The van der Waals surface area contributed by atoms with Crippen LogP contribution in [0.4, 0.5) is 0 Å². The van der Waals surface area contributed by atoms with E-state index >= 15 is 0 Å². The lowest BCUT2D eigenvalue weighted by molar-refractivity contribution is 0.167. The van der Waals surface area contributed by atoms with Gasteiger partial charge in [-0.3, -0.25) is 4.99 Å². The molecular formula is C18H34IN5S. The molecule has 2 rings (SSSR count). The number of hydrogen-bond acceptors (Lipinski definition) is 4. The van der Waals surface area contributed by atoms with Crippen LogP contribution in [0.15, 0.2) is 10.4 Å². The minimum Gasteiger partial charge on any atom is -0.357 e. The molecule has 0 amide bonds. The first-order chi connectivity index (χ1) is 11.6. The zero-order valence-electron chi connectivity index (χ0n) is 16.0. The Morgan fingerprint density at radius 3 is 2.68 bits per heavy atom. The van der Waals surface area contributed by atoms with Crippen LogP contribution < -0.4 is 10.6 Å². The molecule has 1 aliphatic rings. The topological polar surface area (TPSA) is 52.6 Å². The molecule has 1 aromatic heterocycles. The van der Waals surface area contributed by atoms with Gasteiger partial charge in [-0.15, -0.1) is 35.3 Å². The zero-order chi connectivity index (χ0) is 17.4. The monoisotopic (exact) mass is 479 g/mol. The van der Waals surface area contributed by atoms with E-state index in [4.69, 9.17) is 4.99 Å². The molecule has 1 saturated heterocycles. The summed E-state index contributed by atoms with van der Waals surface area (Å²) < 4.78 is 0. The molecule has 0 unspecified atom stereocenters. The summed E-state index contributed by atoms with van der Waals surface area (Å²) in [6.07, 6.45) is 4.46. The summed E-state index contributed by atoms with van der Waals surface area (Å²) in [7, 11) is 0. The van der Waals surface area contributed by atoms with Crippen LogP contribution in [0.1, 0.15) is 50.7 Å². The summed E-state index contributed by atoms with van der Waals surface area (Å²) in [4.78, 5) is 11.8. The van der Waals surface area contributed by atoms with Gasteiger partial charge in [0, 0.05) is 55.8 Å². The first-order valence-electron chi connectivity index (χ1n) is 9.28. The van der Waals surface area contributed by atoms with Crippen LogP contribution in [0.2, 0.25) is 0 Å². The van der Waals surface area contributed by atoms with Gasteiger partial charge in [0.1, 0.15) is 0 Å². The number of halogens is 1. The highest BCUT2D eigenvalue weighted by molar-refractivity contribution is 14.0. The summed E-state index contributed by atoms with van der Waals surface area (Å²) in [5.41, 5.74) is 1.13. The number of guanidine groups is 1. The Hall–Kier alpha value is -0.410. The third-order valence-electron chi connectivity index (χ3n) is 4.43. The average molecular weight is 479 g/mol. The Morgan fingerprint density at radius 2 is 2.12 bits per heavy atom. The molecule has 0 saturated carbocycles. The molecule has 7 heteroatoms. The number of piperidine rings is 1. The van der Waals surface area contributed by atoms with Crippen molar-refractivity contribution in [1.29, 1.82) is 0 Å². The van der Waals surface area contributed by atoms with Crippen LogP contribution in [-0.4, -0.2) is 54.1 Å². The van der Waals surface area contributed by atoms with Crippen molar-refractivity contribution in [2.75, 3.05) is 26.2 Å². The third kappa shape index (κ3) is 8.21. The normalized spacial score (nSPS) is 16.8. The van der Waals surface area contributed by atoms with Gasteiger partial charge in [-0.25, -0.2) is 4.98 Å². The molecule has 2 N–H and O–H groups in total. The van der Waals surface area contributed by atoms with E-state index in [1.807, 2.05) is 0 Å². The fraction of sp³-hybridized carbons (Fsp3) is 0.778. The van der Waals surface area contributed by atoms with Gasteiger partial charge in [-0.05, 0) is 47.0 Å². The molecule has 0 aliphatic carbocycles. The zero-order valence-corrected chi connectivity index (χ0v) is 19.2. The van der Waals surface area contributed by atoms with Crippen LogP contribution in [0.3, 0.4) is 0 Å².